The van der Waals surface area contributed by atoms with Gasteiger partial charge in [-0.1, -0.05) is 6.08 Å². The lowest BCUT2D eigenvalue weighted by atomic mass is 10.4. The first-order valence-corrected chi connectivity index (χ1v) is 3.68. The van der Waals surface area contributed by atoms with Crippen LogP contribution in [0.15, 0.2) is 12.7 Å². The van der Waals surface area contributed by atoms with Gasteiger partial charge >= 0.3 is 0 Å². The molecule has 0 bridgehead atoms. The second-order valence-electron chi connectivity index (χ2n) is 2.40. The van der Waals surface area contributed by atoms with E-state index in [2.05, 4.69) is 21.9 Å². The Bertz CT molecular complexity index is 321. The summed E-state index contributed by atoms with van der Waals surface area (Å²) in [7, 11) is 0. The Balaban J connectivity index is 2.98. The summed E-state index contributed by atoms with van der Waals surface area (Å²) in [5.74, 6) is 0.710. The molecule has 0 atom stereocenters. The average molecular weight is 180 g/mol. The largest absolute Gasteiger partial charge is 0.393 e. The third-order valence-corrected chi connectivity index (χ3v) is 1.41. The first kappa shape index (κ1) is 9.11. The van der Waals surface area contributed by atoms with Gasteiger partial charge in [-0.25, -0.2) is 0 Å². The molecule has 70 valence electrons. The molecule has 0 spiro atoms. The van der Waals surface area contributed by atoms with Gasteiger partial charge in [0.1, 0.15) is 5.69 Å². The highest BCUT2D eigenvalue weighted by atomic mass is 15.1. The zero-order valence-electron chi connectivity index (χ0n) is 7.12. The Hall–Kier alpha value is -1.98. The predicted octanol–water partition coefficient (Wildman–Crippen LogP) is -0.179. The lowest BCUT2D eigenvalue weighted by Gasteiger charge is -2.07. The van der Waals surface area contributed by atoms with Crippen LogP contribution in [0, 0.1) is 0 Å². The molecule has 1 aromatic heterocycles. The molecule has 13 heavy (non-hydrogen) atoms. The Labute approximate surface area is 75.8 Å². The SMILES string of the molecule is C=CCNc1nc(N)nc(N)c1N. The number of aromatic nitrogens is 2. The summed E-state index contributed by atoms with van der Waals surface area (Å²) >= 11 is 0. The zero-order valence-corrected chi connectivity index (χ0v) is 7.12. The maximum absolute atomic E-state index is 5.59. The highest BCUT2D eigenvalue weighted by molar-refractivity contribution is 5.74. The molecule has 1 aromatic rings. The van der Waals surface area contributed by atoms with Crippen LogP contribution in [0.25, 0.3) is 0 Å². The molecule has 0 fully saturated rings. The van der Waals surface area contributed by atoms with E-state index in [1.807, 2.05) is 0 Å². The van der Waals surface area contributed by atoms with Crippen molar-refractivity contribution >= 4 is 23.3 Å². The van der Waals surface area contributed by atoms with Crippen molar-refractivity contribution in [3.63, 3.8) is 0 Å². The van der Waals surface area contributed by atoms with Crippen molar-refractivity contribution in [2.24, 2.45) is 0 Å². The van der Waals surface area contributed by atoms with Crippen molar-refractivity contribution in [2.75, 3.05) is 29.1 Å². The minimum atomic E-state index is 0.0956. The fourth-order valence-corrected chi connectivity index (χ4v) is 0.808. The molecular formula is C7H12N6. The van der Waals surface area contributed by atoms with Crippen LogP contribution in [0.5, 0.6) is 0 Å². The van der Waals surface area contributed by atoms with Crippen LogP contribution in [0.2, 0.25) is 0 Å². The Kier molecular flexibility index (Phi) is 2.53. The third-order valence-electron chi connectivity index (χ3n) is 1.41. The summed E-state index contributed by atoms with van der Waals surface area (Å²) < 4.78 is 0. The van der Waals surface area contributed by atoms with Gasteiger partial charge in [-0.05, 0) is 0 Å². The van der Waals surface area contributed by atoms with Gasteiger partial charge in [0.05, 0.1) is 0 Å². The number of hydrogen-bond acceptors (Lipinski definition) is 6. The summed E-state index contributed by atoms with van der Waals surface area (Å²) in [6.45, 7) is 4.08. The molecule has 6 heteroatoms. The number of nitrogens with two attached hydrogens (primary N) is 3. The summed E-state index contributed by atoms with van der Waals surface area (Å²) in [6.07, 6.45) is 1.67. The van der Waals surface area contributed by atoms with E-state index >= 15 is 0 Å². The average Bonchev–Trinajstić information content (AvgIpc) is 2.09. The second-order valence-corrected chi connectivity index (χ2v) is 2.40. The number of anilines is 4. The van der Waals surface area contributed by atoms with E-state index in [9.17, 15) is 0 Å². The smallest absolute Gasteiger partial charge is 0.224 e. The molecule has 0 aliphatic carbocycles. The van der Waals surface area contributed by atoms with Gasteiger partial charge in [0.25, 0.3) is 0 Å². The minimum absolute atomic E-state index is 0.0956. The summed E-state index contributed by atoms with van der Waals surface area (Å²) in [5.41, 5.74) is 16.7. The molecule has 1 heterocycles. The van der Waals surface area contributed by atoms with Crippen LogP contribution in [0.1, 0.15) is 0 Å². The number of rotatable bonds is 3. The molecule has 0 aliphatic heterocycles. The van der Waals surface area contributed by atoms with Gasteiger partial charge in [0.2, 0.25) is 5.95 Å². The molecule has 1 rings (SSSR count). The number of hydrogen-bond donors (Lipinski definition) is 4. The van der Waals surface area contributed by atoms with Crippen molar-refractivity contribution in [3.8, 4) is 0 Å². The van der Waals surface area contributed by atoms with Gasteiger partial charge in [-0.15, -0.1) is 6.58 Å². The van der Waals surface area contributed by atoms with E-state index in [0.29, 0.717) is 18.1 Å². The van der Waals surface area contributed by atoms with E-state index in [4.69, 9.17) is 17.2 Å². The lowest BCUT2D eigenvalue weighted by Crippen LogP contribution is -2.10. The van der Waals surface area contributed by atoms with Crippen LogP contribution in [-0.4, -0.2) is 16.5 Å². The van der Waals surface area contributed by atoms with Crippen molar-refractivity contribution in [1.29, 1.82) is 0 Å². The quantitative estimate of drug-likeness (QED) is 0.479. The van der Waals surface area contributed by atoms with E-state index < -0.39 is 0 Å². The van der Waals surface area contributed by atoms with Gasteiger partial charge in [0, 0.05) is 6.54 Å². The number of nitrogens with one attached hydrogen (secondary N) is 1. The molecule has 0 radical (unpaired) electrons. The minimum Gasteiger partial charge on any atom is -0.393 e. The van der Waals surface area contributed by atoms with Gasteiger partial charge in [-0.3, -0.25) is 0 Å². The van der Waals surface area contributed by atoms with E-state index in [1.54, 1.807) is 6.08 Å². The number of nitrogen functional groups attached to an aromatic ring is 3. The van der Waals surface area contributed by atoms with Crippen LogP contribution < -0.4 is 22.5 Å². The second kappa shape index (κ2) is 3.61. The van der Waals surface area contributed by atoms with Crippen molar-refractivity contribution in [2.45, 2.75) is 0 Å². The highest BCUT2D eigenvalue weighted by Crippen LogP contribution is 2.21. The molecule has 0 aromatic carbocycles. The standard InChI is InChI=1S/C7H12N6/c1-2-3-11-6-4(8)5(9)12-7(10)13-6/h2H,1,3,8H2,(H5,9,10,11,12,13). The molecule has 0 saturated heterocycles. The van der Waals surface area contributed by atoms with Crippen LogP contribution in [0.4, 0.5) is 23.3 Å². The van der Waals surface area contributed by atoms with Gasteiger partial charge < -0.3 is 22.5 Å². The summed E-state index contributed by atoms with van der Waals surface area (Å²) in [4.78, 5) is 7.57. The van der Waals surface area contributed by atoms with E-state index in [-0.39, 0.29) is 11.8 Å². The zero-order chi connectivity index (χ0) is 9.84. The molecule has 0 amide bonds. The van der Waals surface area contributed by atoms with Crippen LogP contribution >= 0.6 is 0 Å². The Morgan fingerprint density at radius 1 is 1.31 bits per heavy atom. The topological polar surface area (TPSA) is 116 Å². The van der Waals surface area contributed by atoms with E-state index in [0.717, 1.165) is 0 Å². The molecule has 6 nitrogen and oxygen atoms in total. The van der Waals surface area contributed by atoms with Gasteiger partial charge in [0.15, 0.2) is 11.6 Å². The first-order valence-electron chi connectivity index (χ1n) is 3.68. The van der Waals surface area contributed by atoms with Crippen molar-refractivity contribution < 1.29 is 0 Å². The van der Waals surface area contributed by atoms with Crippen molar-refractivity contribution in [1.82, 2.24) is 9.97 Å². The lowest BCUT2D eigenvalue weighted by molar-refractivity contribution is 1.17. The Morgan fingerprint density at radius 2 is 2.00 bits per heavy atom. The maximum atomic E-state index is 5.59. The maximum Gasteiger partial charge on any atom is 0.224 e. The molecule has 0 unspecified atom stereocenters. The fourth-order valence-electron chi connectivity index (χ4n) is 0.808. The predicted molar refractivity (Wildman–Crippen MR) is 54.0 cm³/mol. The normalized spacial score (nSPS) is 9.54. The third kappa shape index (κ3) is 1.98. The molecule has 7 N–H and O–H groups in total. The summed E-state index contributed by atoms with van der Waals surface area (Å²) in [6, 6.07) is 0. The van der Waals surface area contributed by atoms with Crippen LogP contribution in [0.3, 0.4) is 0 Å². The molecular weight excluding hydrogens is 168 g/mol. The molecule has 0 aliphatic rings. The summed E-state index contributed by atoms with van der Waals surface area (Å²) in [5, 5.41) is 2.89. The molecule has 0 saturated carbocycles. The van der Waals surface area contributed by atoms with E-state index in [1.165, 1.54) is 0 Å². The highest BCUT2D eigenvalue weighted by Gasteiger charge is 2.05. The van der Waals surface area contributed by atoms with Crippen molar-refractivity contribution in [3.05, 3.63) is 12.7 Å². The Morgan fingerprint density at radius 3 is 2.62 bits per heavy atom. The fraction of sp³-hybridized carbons (Fsp3) is 0.143. The monoisotopic (exact) mass is 180 g/mol. The van der Waals surface area contributed by atoms with Gasteiger partial charge in [-0.2, -0.15) is 9.97 Å². The first-order chi connectivity index (χ1) is 6.15. The van der Waals surface area contributed by atoms with Crippen LogP contribution in [-0.2, 0) is 0 Å². The number of nitrogens with zero attached hydrogens (tertiary/aromatic N) is 2.